The smallest absolute Gasteiger partial charge is 0.0830 e. The van der Waals surface area contributed by atoms with Gasteiger partial charge in [0.05, 0.1) is 11.7 Å². The minimum absolute atomic E-state index is 0.0572. The van der Waals surface area contributed by atoms with Gasteiger partial charge in [0, 0.05) is 13.1 Å². The molecule has 0 spiro atoms. The summed E-state index contributed by atoms with van der Waals surface area (Å²) in [6.07, 6.45) is 0.250. The Bertz CT molecular complexity index is 104. The standard InChI is InChI=1S/C9H22N2O/c1-9(2,3)12-8(6-10-4)7-11-5/h8,10-11H,6-7H2,1-5H3. The van der Waals surface area contributed by atoms with Gasteiger partial charge in [0.1, 0.15) is 0 Å². The van der Waals surface area contributed by atoms with E-state index in [4.69, 9.17) is 4.74 Å². The summed E-state index contributed by atoms with van der Waals surface area (Å²) in [7, 11) is 3.88. The van der Waals surface area contributed by atoms with E-state index >= 15 is 0 Å². The summed E-state index contributed by atoms with van der Waals surface area (Å²) in [5.41, 5.74) is -0.0572. The fourth-order valence-corrected chi connectivity index (χ4v) is 1.11. The third kappa shape index (κ3) is 6.58. The molecule has 0 atom stereocenters. The molecule has 0 radical (unpaired) electrons. The Morgan fingerprint density at radius 3 is 1.75 bits per heavy atom. The van der Waals surface area contributed by atoms with E-state index in [1.54, 1.807) is 0 Å². The van der Waals surface area contributed by atoms with Crippen LogP contribution < -0.4 is 10.6 Å². The summed E-state index contributed by atoms with van der Waals surface area (Å²) in [4.78, 5) is 0. The van der Waals surface area contributed by atoms with Crippen LogP contribution in [0.4, 0.5) is 0 Å². The van der Waals surface area contributed by atoms with Crippen molar-refractivity contribution >= 4 is 0 Å². The number of ether oxygens (including phenoxy) is 1. The summed E-state index contributed by atoms with van der Waals surface area (Å²) in [5.74, 6) is 0. The number of hydrogen-bond acceptors (Lipinski definition) is 3. The Hall–Kier alpha value is -0.120. The molecular formula is C9H22N2O. The van der Waals surface area contributed by atoms with E-state index in [0.717, 1.165) is 13.1 Å². The fourth-order valence-electron chi connectivity index (χ4n) is 1.11. The Balaban J connectivity index is 3.77. The van der Waals surface area contributed by atoms with E-state index < -0.39 is 0 Å². The summed E-state index contributed by atoms with van der Waals surface area (Å²) in [5, 5.41) is 6.22. The first-order valence-corrected chi connectivity index (χ1v) is 4.46. The van der Waals surface area contributed by atoms with Crippen LogP contribution in [0.1, 0.15) is 20.8 Å². The van der Waals surface area contributed by atoms with Gasteiger partial charge in [0.2, 0.25) is 0 Å². The number of nitrogens with one attached hydrogen (secondary N) is 2. The first-order chi connectivity index (χ1) is 5.49. The van der Waals surface area contributed by atoms with Gasteiger partial charge in [0.15, 0.2) is 0 Å². The largest absolute Gasteiger partial charge is 0.370 e. The molecule has 0 aliphatic carbocycles. The molecule has 3 heteroatoms. The normalized spacial score (nSPS) is 12.5. The minimum atomic E-state index is -0.0572. The van der Waals surface area contributed by atoms with Crippen molar-refractivity contribution in [1.29, 1.82) is 0 Å². The van der Waals surface area contributed by atoms with Crippen LogP contribution in [0.2, 0.25) is 0 Å². The summed E-state index contributed by atoms with van der Waals surface area (Å²) >= 11 is 0. The van der Waals surface area contributed by atoms with E-state index in [1.165, 1.54) is 0 Å². The minimum Gasteiger partial charge on any atom is -0.370 e. The molecule has 12 heavy (non-hydrogen) atoms. The molecule has 0 bridgehead atoms. The van der Waals surface area contributed by atoms with Crippen LogP contribution in [0.3, 0.4) is 0 Å². The third-order valence-electron chi connectivity index (χ3n) is 1.38. The summed E-state index contributed by atoms with van der Waals surface area (Å²) in [6, 6.07) is 0. The van der Waals surface area contributed by atoms with E-state index in [1.807, 2.05) is 14.1 Å². The summed E-state index contributed by atoms with van der Waals surface area (Å²) < 4.78 is 5.79. The van der Waals surface area contributed by atoms with Gasteiger partial charge in [-0.1, -0.05) is 0 Å². The lowest BCUT2D eigenvalue weighted by molar-refractivity contribution is -0.0559. The van der Waals surface area contributed by atoms with Gasteiger partial charge in [-0.2, -0.15) is 0 Å². The van der Waals surface area contributed by atoms with Crippen LogP contribution in [0.5, 0.6) is 0 Å². The van der Waals surface area contributed by atoms with Gasteiger partial charge in [-0.25, -0.2) is 0 Å². The van der Waals surface area contributed by atoms with E-state index in [9.17, 15) is 0 Å². The molecule has 0 aliphatic rings. The first kappa shape index (κ1) is 11.9. The molecule has 2 N–H and O–H groups in total. The average molecular weight is 174 g/mol. The highest BCUT2D eigenvalue weighted by Crippen LogP contribution is 2.09. The van der Waals surface area contributed by atoms with Gasteiger partial charge in [-0.15, -0.1) is 0 Å². The van der Waals surface area contributed by atoms with Crippen molar-refractivity contribution in [1.82, 2.24) is 10.6 Å². The van der Waals surface area contributed by atoms with Crippen LogP contribution in [0.15, 0.2) is 0 Å². The molecule has 0 amide bonds. The highest BCUT2D eigenvalue weighted by Gasteiger charge is 2.17. The van der Waals surface area contributed by atoms with Crippen LogP contribution in [0, 0.1) is 0 Å². The van der Waals surface area contributed by atoms with Gasteiger partial charge in [-0.05, 0) is 34.9 Å². The molecule has 0 heterocycles. The zero-order chi connectivity index (χ0) is 9.61. The first-order valence-electron chi connectivity index (χ1n) is 4.46. The molecule has 0 aromatic rings. The van der Waals surface area contributed by atoms with Crippen LogP contribution in [0.25, 0.3) is 0 Å². The number of hydrogen-bond donors (Lipinski definition) is 2. The zero-order valence-electron chi connectivity index (χ0n) is 8.90. The highest BCUT2D eigenvalue weighted by atomic mass is 16.5. The monoisotopic (exact) mass is 174 g/mol. The van der Waals surface area contributed by atoms with Gasteiger partial charge in [-0.3, -0.25) is 0 Å². The Labute approximate surface area is 75.9 Å². The average Bonchev–Trinajstić information content (AvgIpc) is 1.84. The van der Waals surface area contributed by atoms with Crippen LogP contribution in [-0.4, -0.2) is 38.9 Å². The second-order valence-electron chi connectivity index (χ2n) is 3.97. The van der Waals surface area contributed by atoms with Gasteiger partial charge in [0.25, 0.3) is 0 Å². The second-order valence-corrected chi connectivity index (χ2v) is 3.97. The Morgan fingerprint density at radius 1 is 1.08 bits per heavy atom. The van der Waals surface area contributed by atoms with Crippen molar-refractivity contribution < 1.29 is 4.74 Å². The van der Waals surface area contributed by atoms with E-state index in [-0.39, 0.29) is 11.7 Å². The molecule has 0 aliphatic heterocycles. The Morgan fingerprint density at radius 2 is 1.50 bits per heavy atom. The SMILES string of the molecule is CNCC(CNC)OC(C)(C)C. The maximum Gasteiger partial charge on any atom is 0.0830 e. The molecule has 3 nitrogen and oxygen atoms in total. The molecule has 0 fully saturated rings. The van der Waals surface area contributed by atoms with Crippen molar-refractivity contribution in [3.05, 3.63) is 0 Å². The third-order valence-corrected chi connectivity index (χ3v) is 1.38. The number of likely N-dealkylation sites (N-methyl/N-ethyl adjacent to an activating group) is 2. The van der Waals surface area contributed by atoms with Crippen LogP contribution in [-0.2, 0) is 4.74 Å². The lowest BCUT2D eigenvalue weighted by Gasteiger charge is -2.27. The molecule has 0 saturated heterocycles. The quantitative estimate of drug-likeness (QED) is 0.640. The predicted octanol–water partition coefficient (Wildman–Crippen LogP) is 0.609. The lowest BCUT2D eigenvalue weighted by atomic mass is 10.2. The van der Waals surface area contributed by atoms with Crippen molar-refractivity contribution in [2.24, 2.45) is 0 Å². The maximum absolute atomic E-state index is 5.79. The van der Waals surface area contributed by atoms with Gasteiger partial charge < -0.3 is 15.4 Å². The van der Waals surface area contributed by atoms with Crippen molar-refractivity contribution in [3.63, 3.8) is 0 Å². The maximum atomic E-state index is 5.79. The molecule has 0 saturated carbocycles. The van der Waals surface area contributed by atoms with Crippen molar-refractivity contribution in [2.45, 2.75) is 32.5 Å². The number of rotatable bonds is 5. The fraction of sp³-hybridized carbons (Fsp3) is 1.00. The zero-order valence-corrected chi connectivity index (χ0v) is 8.90. The topological polar surface area (TPSA) is 33.3 Å². The molecule has 0 rings (SSSR count). The van der Waals surface area contributed by atoms with Gasteiger partial charge >= 0.3 is 0 Å². The van der Waals surface area contributed by atoms with Crippen molar-refractivity contribution in [3.8, 4) is 0 Å². The molecule has 74 valence electrons. The second kappa shape index (κ2) is 5.51. The highest BCUT2D eigenvalue weighted by molar-refractivity contribution is 4.69. The van der Waals surface area contributed by atoms with Crippen LogP contribution >= 0.6 is 0 Å². The molecular weight excluding hydrogens is 152 g/mol. The molecule has 0 unspecified atom stereocenters. The molecule has 0 aromatic heterocycles. The Kier molecular flexibility index (Phi) is 5.46. The lowest BCUT2D eigenvalue weighted by Crippen LogP contribution is -2.40. The predicted molar refractivity (Wildman–Crippen MR) is 52.5 cm³/mol. The summed E-state index contributed by atoms with van der Waals surface area (Å²) in [6.45, 7) is 8.00. The van der Waals surface area contributed by atoms with E-state index in [2.05, 4.69) is 31.4 Å². The van der Waals surface area contributed by atoms with E-state index in [0.29, 0.717) is 0 Å². The molecule has 0 aromatic carbocycles. The van der Waals surface area contributed by atoms with Crippen molar-refractivity contribution in [2.75, 3.05) is 27.2 Å².